The molecule has 2 aliphatic rings. The van der Waals surface area contributed by atoms with Crippen molar-refractivity contribution in [3.05, 3.63) is 40.0 Å². The summed E-state index contributed by atoms with van der Waals surface area (Å²) >= 11 is 0. The molecule has 0 atom stereocenters. The van der Waals surface area contributed by atoms with Gasteiger partial charge in [0.05, 0.1) is 0 Å². The monoisotopic (exact) mass is 240 g/mol. The van der Waals surface area contributed by atoms with Crippen molar-refractivity contribution >= 4 is 6.08 Å². The first-order valence-corrected chi connectivity index (χ1v) is 7.40. The molecule has 0 amide bonds. The van der Waals surface area contributed by atoms with Crippen LogP contribution in [0.25, 0.3) is 6.08 Å². The van der Waals surface area contributed by atoms with Crippen molar-refractivity contribution in [2.75, 3.05) is 0 Å². The highest BCUT2D eigenvalue weighted by Gasteiger charge is 2.32. The van der Waals surface area contributed by atoms with Crippen LogP contribution in [0.3, 0.4) is 0 Å². The van der Waals surface area contributed by atoms with Crippen LogP contribution < -0.4 is 0 Å². The van der Waals surface area contributed by atoms with Crippen molar-refractivity contribution in [2.24, 2.45) is 0 Å². The average Bonchev–Trinajstić information content (AvgIpc) is 2.72. The van der Waals surface area contributed by atoms with Crippen molar-refractivity contribution in [3.63, 3.8) is 0 Å². The fourth-order valence-electron chi connectivity index (χ4n) is 3.88. The van der Waals surface area contributed by atoms with Crippen LogP contribution in [0.15, 0.2) is 17.7 Å². The molecule has 96 valence electrons. The summed E-state index contributed by atoms with van der Waals surface area (Å²) in [5.41, 5.74) is 8.21. The van der Waals surface area contributed by atoms with Crippen LogP contribution in [-0.4, -0.2) is 0 Å². The van der Waals surface area contributed by atoms with E-state index in [1.807, 2.05) is 0 Å². The molecule has 0 N–H and O–H groups in total. The number of hydrogen-bond acceptors (Lipinski definition) is 0. The summed E-state index contributed by atoms with van der Waals surface area (Å²) in [6, 6.07) is 4.76. The van der Waals surface area contributed by atoms with Crippen molar-refractivity contribution in [2.45, 2.75) is 64.7 Å². The number of allylic oxidation sites excluding steroid dienone is 1. The van der Waals surface area contributed by atoms with Gasteiger partial charge >= 0.3 is 0 Å². The Bertz CT molecular complexity index is 499. The van der Waals surface area contributed by atoms with E-state index < -0.39 is 0 Å². The predicted octanol–water partition coefficient (Wildman–Crippen LogP) is 5.18. The lowest BCUT2D eigenvalue weighted by Crippen LogP contribution is -2.26. The second-order valence-electron chi connectivity index (χ2n) is 6.61. The van der Waals surface area contributed by atoms with Gasteiger partial charge in [0.15, 0.2) is 0 Å². The first-order valence-electron chi connectivity index (χ1n) is 7.40. The topological polar surface area (TPSA) is 0 Å². The number of aryl methyl sites for hydroxylation is 1. The van der Waals surface area contributed by atoms with Crippen molar-refractivity contribution in [3.8, 4) is 0 Å². The maximum atomic E-state index is 2.48. The normalized spacial score (nSPS) is 21.6. The molecule has 1 fully saturated rings. The van der Waals surface area contributed by atoms with E-state index in [9.17, 15) is 0 Å². The summed E-state index contributed by atoms with van der Waals surface area (Å²) in [6.07, 6.45) is 10.6. The molecule has 0 aromatic heterocycles. The van der Waals surface area contributed by atoms with Crippen LogP contribution in [0, 0.1) is 6.92 Å². The molecule has 0 aliphatic heterocycles. The Morgan fingerprint density at radius 2 is 1.72 bits per heavy atom. The molecule has 1 aromatic rings. The van der Waals surface area contributed by atoms with E-state index in [2.05, 4.69) is 39.0 Å². The van der Waals surface area contributed by atoms with E-state index in [1.165, 1.54) is 49.7 Å². The summed E-state index contributed by atoms with van der Waals surface area (Å²) in [5, 5.41) is 0. The average molecular weight is 240 g/mol. The Labute approximate surface area is 111 Å². The molecule has 0 heterocycles. The van der Waals surface area contributed by atoms with Gasteiger partial charge in [0.25, 0.3) is 0 Å². The SMILES string of the molecule is CC1=Cc2c(C3(C)CCCCC3)ccc(C)c2C1. The van der Waals surface area contributed by atoms with E-state index in [0.29, 0.717) is 5.41 Å². The van der Waals surface area contributed by atoms with E-state index in [-0.39, 0.29) is 0 Å². The van der Waals surface area contributed by atoms with Crippen LogP contribution in [0.4, 0.5) is 0 Å². The maximum absolute atomic E-state index is 2.48. The third-order valence-electron chi connectivity index (χ3n) is 5.04. The minimum atomic E-state index is 0.428. The minimum absolute atomic E-state index is 0.428. The van der Waals surface area contributed by atoms with Gasteiger partial charge in [-0.25, -0.2) is 0 Å². The molecule has 0 saturated heterocycles. The third-order valence-corrected chi connectivity index (χ3v) is 5.04. The lowest BCUT2D eigenvalue weighted by molar-refractivity contribution is 0.319. The molecule has 3 rings (SSSR count). The van der Waals surface area contributed by atoms with Gasteiger partial charge in [-0.1, -0.05) is 50.0 Å². The molecule has 18 heavy (non-hydrogen) atoms. The zero-order valence-electron chi connectivity index (χ0n) is 12.0. The number of hydrogen-bond donors (Lipinski definition) is 0. The van der Waals surface area contributed by atoms with Crippen molar-refractivity contribution < 1.29 is 0 Å². The highest BCUT2D eigenvalue weighted by atomic mass is 14.4. The highest BCUT2D eigenvalue weighted by Crippen LogP contribution is 2.43. The Morgan fingerprint density at radius 1 is 1.00 bits per heavy atom. The second kappa shape index (κ2) is 4.26. The Hall–Kier alpha value is -1.04. The number of fused-ring (bicyclic) bond motifs is 1. The van der Waals surface area contributed by atoms with Gasteiger partial charge in [-0.15, -0.1) is 0 Å². The molecule has 1 aromatic carbocycles. The first-order chi connectivity index (χ1) is 8.60. The predicted molar refractivity (Wildman–Crippen MR) is 79.0 cm³/mol. The molecule has 0 heteroatoms. The Kier molecular flexibility index (Phi) is 2.84. The number of benzene rings is 1. The molecule has 1 saturated carbocycles. The zero-order chi connectivity index (χ0) is 12.8. The van der Waals surface area contributed by atoms with E-state index in [4.69, 9.17) is 0 Å². The second-order valence-corrected chi connectivity index (χ2v) is 6.61. The fraction of sp³-hybridized carbons (Fsp3) is 0.556. The summed E-state index contributed by atoms with van der Waals surface area (Å²) < 4.78 is 0. The largest absolute Gasteiger partial charge is 0.0683 e. The lowest BCUT2D eigenvalue weighted by Gasteiger charge is -2.35. The first kappa shape index (κ1) is 12.0. The van der Waals surface area contributed by atoms with Crippen molar-refractivity contribution in [1.29, 1.82) is 0 Å². The smallest absolute Gasteiger partial charge is 0.00579 e. The molecular formula is C18H24. The van der Waals surface area contributed by atoms with Gasteiger partial charge in [-0.05, 0) is 60.8 Å². The molecular weight excluding hydrogens is 216 g/mol. The van der Waals surface area contributed by atoms with E-state index in [0.717, 1.165) is 0 Å². The number of rotatable bonds is 1. The van der Waals surface area contributed by atoms with Gasteiger partial charge in [0.1, 0.15) is 0 Å². The highest BCUT2D eigenvalue weighted by molar-refractivity contribution is 5.69. The van der Waals surface area contributed by atoms with Gasteiger partial charge in [0, 0.05) is 0 Å². The zero-order valence-corrected chi connectivity index (χ0v) is 12.0. The molecule has 0 nitrogen and oxygen atoms in total. The van der Waals surface area contributed by atoms with E-state index >= 15 is 0 Å². The lowest BCUT2D eigenvalue weighted by atomic mass is 9.69. The quantitative estimate of drug-likeness (QED) is 0.634. The van der Waals surface area contributed by atoms with Crippen LogP contribution in [0.2, 0.25) is 0 Å². The van der Waals surface area contributed by atoms with Crippen molar-refractivity contribution in [1.82, 2.24) is 0 Å². The van der Waals surface area contributed by atoms with Gasteiger partial charge in [0.2, 0.25) is 0 Å². The Morgan fingerprint density at radius 3 is 2.44 bits per heavy atom. The van der Waals surface area contributed by atoms with Gasteiger partial charge in [-0.3, -0.25) is 0 Å². The molecule has 2 aliphatic carbocycles. The van der Waals surface area contributed by atoms with E-state index in [1.54, 1.807) is 16.7 Å². The summed E-state index contributed by atoms with van der Waals surface area (Å²) in [7, 11) is 0. The molecule has 0 bridgehead atoms. The fourth-order valence-corrected chi connectivity index (χ4v) is 3.88. The van der Waals surface area contributed by atoms with Crippen LogP contribution in [0.1, 0.15) is 68.2 Å². The van der Waals surface area contributed by atoms with Crippen LogP contribution >= 0.6 is 0 Å². The molecule has 0 spiro atoms. The van der Waals surface area contributed by atoms with Gasteiger partial charge in [-0.2, -0.15) is 0 Å². The third kappa shape index (κ3) is 1.83. The maximum Gasteiger partial charge on any atom is -0.00579 e. The molecule has 0 radical (unpaired) electrons. The molecule has 0 unspecified atom stereocenters. The summed E-state index contributed by atoms with van der Waals surface area (Å²) in [6.45, 7) is 7.02. The standard InChI is InChI=1S/C18H24/c1-13-11-15-14(2)7-8-17(16(15)12-13)18(3)9-5-4-6-10-18/h7-8,12H,4-6,9-11H2,1-3H3. The summed E-state index contributed by atoms with van der Waals surface area (Å²) in [4.78, 5) is 0. The summed E-state index contributed by atoms with van der Waals surface area (Å²) in [5.74, 6) is 0. The van der Waals surface area contributed by atoms with Gasteiger partial charge < -0.3 is 0 Å². The minimum Gasteiger partial charge on any atom is -0.0683 e. The van der Waals surface area contributed by atoms with Crippen LogP contribution in [0.5, 0.6) is 0 Å². The Balaban J connectivity index is 2.10. The van der Waals surface area contributed by atoms with Crippen LogP contribution in [-0.2, 0) is 11.8 Å².